The number of hydrogen-bond acceptors (Lipinski definition) is 4. The highest BCUT2D eigenvalue weighted by Gasteiger charge is 2.18. The minimum atomic E-state index is -3.42. The van der Waals surface area contributed by atoms with Gasteiger partial charge in [-0.15, -0.1) is 0 Å². The van der Waals surface area contributed by atoms with Crippen molar-refractivity contribution in [2.24, 2.45) is 0 Å². The van der Waals surface area contributed by atoms with Gasteiger partial charge in [0.1, 0.15) is 12.4 Å². The smallest absolute Gasteiger partial charge is 0.232 e. The van der Waals surface area contributed by atoms with Crippen LogP contribution in [-0.4, -0.2) is 40.3 Å². The van der Waals surface area contributed by atoms with Gasteiger partial charge in [-0.2, -0.15) is 0 Å². The summed E-state index contributed by atoms with van der Waals surface area (Å²) in [6.07, 6.45) is 2.86. The number of sulfonamides is 1. The lowest BCUT2D eigenvalue weighted by atomic mass is 10.1. The van der Waals surface area contributed by atoms with E-state index in [0.29, 0.717) is 25.3 Å². The molecule has 0 unspecified atom stereocenters. The molecule has 0 saturated carbocycles. The van der Waals surface area contributed by atoms with Crippen molar-refractivity contribution in [3.63, 3.8) is 0 Å². The SMILES string of the molecule is CCc1ccc(OCCNC(=O)CCCN(c2cc(C)cc(C)c2)S(C)(=O)=O)cc1. The van der Waals surface area contributed by atoms with Crippen molar-refractivity contribution in [3.05, 3.63) is 59.2 Å². The maximum absolute atomic E-state index is 12.2. The second-order valence-corrected chi connectivity index (χ2v) is 9.39. The number of carbonyl (C=O) groups is 1. The van der Waals surface area contributed by atoms with E-state index < -0.39 is 10.0 Å². The van der Waals surface area contributed by atoms with E-state index in [1.807, 2.05) is 56.3 Å². The zero-order chi connectivity index (χ0) is 22.1. The first-order valence-corrected chi connectivity index (χ1v) is 12.1. The number of hydrogen-bond donors (Lipinski definition) is 1. The molecule has 1 N–H and O–H groups in total. The average Bonchev–Trinajstić information content (AvgIpc) is 2.67. The molecule has 0 aromatic heterocycles. The van der Waals surface area contributed by atoms with Crippen LogP contribution in [0.5, 0.6) is 5.75 Å². The highest BCUT2D eigenvalue weighted by Crippen LogP contribution is 2.21. The lowest BCUT2D eigenvalue weighted by Gasteiger charge is -2.23. The summed E-state index contributed by atoms with van der Waals surface area (Å²) in [5, 5.41) is 2.81. The van der Waals surface area contributed by atoms with Crippen molar-refractivity contribution in [1.29, 1.82) is 0 Å². The van der Waals surface area contributed by atoms with Gasteiger partial charge in [-0.05, 0) is 67.6 Å². The summed E-state index contributed by atoms with van der Waals surface area (Å²) in [7, 11) is -3.42. The number of carbonyl (C=O) groups excluding carboxylic acids is 1. The predicted octanol–water partition coefficient (Wildman–Crippen LogP) is 3.61. The van der Waals surface area contributed by atoms with Gasteiger partial charge >= 0.3 is 0 Å². The molecule has 2 aromatic rings. The van der Waals surface area contributed by atoms with Gasteiger partial charge in [-0.1, -0.05) is 25.1 Å². The van der Waals surface area contributed by atoms with E-state index in [4.69, 9.17) is 4.74 Å². The molecule has 0 atom stereocenters. The lowest BCUT2D eigenvalue weighted by molar-refractivity contribution is -0.121. The fourth-order valence-electron chi connectivity index (χ4n) is 3.23. The molecule has 0 aliphatic rings. The molecule has 6 nitrogen and oxygen atoms in total. The Bertz CT molecular complexity index is 920. The summed E-state index contributed by atoms with van der Waals surface area (Å²) in [5.41, 5.74) is 3.89. The Balaban J connectivity index is 1.77. The molecule has 0 fully saturated rings. The Morgan fingerprint density at radius 1 is 1.07 bits per heavy atom. The van der Waals surface area contributed by atoms with Crippen LogP contribution in [0.2, 0.25) is 0 Å². The summed E-state index contributed by atoms with van der Waals surface area (Å²) in [6, 6.07) is 13.6. The molecule has 2 aromatic carbocycles. The third kappa shape index (κ3) is 7.71. The molecule has 2 rings (SSSR count). The molecule has 1 amide bonds. The Hall–Kier alpha value is -2.54. The van der Waals surface area contributed by atoms with Gasteiger partial charge in [-0.25, -0.2) is 8.42 Å². The Labute approximate surface area is 180 Å². The number of benzene rings is 2. The molecule has 0 bridgehead atoms. The molecule has 164 valence electrons. The first-order chi connectivity index (χ1) is 14.2. The summed E-state index contributed by atoms with van der Waals surface area (Å²) in [4.78, 5) is 12.1. The highest BCUT2D eigenvalue weighted by molar-refractivity contribution is 7.92. The molecule has 0 aliphatic carbocycles. The highest BCUT2D eigenvalue weighted by atomic mass is 32.2. The van der Waals surface area contributed by atoms with Crippen molar-refractivity contribution < 1.29 is 17.9 Å². The van der Waals surface area contributed by atoms with Gasteiger partial charge in [-0.3, -0.25) is 9.10 Å². The second kappa shape index (κ2) is 11.0. The zero-order valence-corrected chi connectivity index (χ0v) is 19.1. The summed E-state index contributed by atoms with van der Waals surface area (Å²) < 4.78 is 31.4. The fraction of sp³-hybridized carbons (Fsp3) is 0.435. The first kappa shape index (κ1) is 23.7. The van der Waals surface area contributed by atoms with Crippen LogP contribution >= 0.6 is 0 Å². The van der Waals surface area contributed by atoms with E-state index in [0.717, 1.165) is 23.3 Å². The standard InChI is InChI=1S/C23H32N2O4S/c1-5-20-8-10-22(11-9-20)29-14-12-24-23(26)7-6-13-25(30(4,27)28)21-16-18(2)15-19(3)17-21/h8-11,15-17H,5-7,12-14H2,1-4H3,(H,24,26). The topological polar surface area (TPSA) is 75.7 Å². The number of aryl methyl sites for hydroxylation is 3. The normalized spacial score (nSPS) is 11.2. The third-order valence-electron chi connectivity index (χ3n) is 4.68. The van der Waals surface area contributed by atoms with Crippen molar-refractivity contribution in [1.82, 2.24) is 5.32 Å². The quantitative estimate of drug-likeness (QED) is 0.551. The monoisotopic (exact) mass is 432 g/mol. The number of nitrogens with one attached hydrogen (secondary N) is 1. The van der Waals surface area contributed by atoms with Gasteiger partial charge in [0.15, 0.2) is 0 Å². The van der Waals surface area contributed by atoms with Gasteiger partial charge in [0, 0.05) is 13.0 Å². The molecule has 30 heavy (non-hydrogen) atoms. The van der Waals surface area contributed by atoms with E-state index in [9.17, 15) is 13.2 Å². The van der Waals surface area contributed by atoms with Crippen LogP contribution in [0.1, 0.15) is 36.5 Å². The fourth-order valence-corrected chi connectivity index (χ4v) is 4.18. The van der Waals surface area contributed by atoms with E-state index in [2.05, 4.69) is 12.2 Å². The largest absolute Gasteiger partial charge is 0.492 e. The summed E-state index contributed by atoms with van der Waals surface area (Å²) >= 11 is 0. The number of amides is 1. The molecule has 7 heteroatoms. The minimum Gasteiger partial charge on any atom is -0.492 e. The van der Waals surface area contributed by atoms with E-state index >= 15 is 0 Å². The third-order valence-corrected chi connectivity index (χ3v) is 5.88. The molecule has 0 spiro atoms. The van der Waals surface area contributed by atoms with Gasteiger partial charge in [0.25, 0.3) is 0 Å². The van der Waals surface area contributed by atoms with Crippen molar-refractivity contribution in [2.75, 3.05) is 30.3 Å². The maximum Gasteiger partial charge on any atom is 0.232 e. The van der Waals surface area contributed by atoms with Gasteiger partial charge in [0.05, 0.1) is 18.5 Å². The van der Waals surface area contributed by atoms with E-state index in [1.165, 1.54) is 16.1 Å². The number of rotatable bonds is 11. The average molecular weight is 433 g/mol. The van der Waals surface area contributed by atoms with Crippen molar-refractivity contribution in [3.8, 4) is 5.75 Å². The van der Waals surface area contributed by atoms with Crippen LogP contribution in [-0.2, 0) is 21.2 Å². The second-order valence-electron chi connectivity index (χ2n) is 7.48. The molecule has 0 aliphatic heterocycles. The first-order valence-electron chi connectivity index (χ1n) is 10.2. The van der Waals surface area contributed by atoms with Gasteiger partial charge in [0.2, 0.25) is 15.9 Å². The zero-order valence-electron chi connectivity index (χ0n) is 18.3. The van der Waals surface area contributed by atoms with E-state index in [-0.39, 0.29) is 18.9 Å². The van der Waals surface area contributed by atoms with Crippen LogP contribution in [0.15, 0.2) is 42.5 Å². The van der Waals surface area contributed by atoms with Crippen LogP contribution in [0.25, 0.3) is 0 Å². The van der Waals surface area contributed by atoms with Crippen LogP contribution in [0.3, 0.4) is 0 Å². The minimum absolute atomic E-state index is 0.117. The Morgan fingerprint density at radius 3 is 2.27 bits per heavy atom. The van der Waals surface area contributed by atoms with Crippen LogP contribution < -0.4 is 14.4 Å². The number of nitrogens with zero attached hydrogens (tertiary/aromatic N) is 1. The lowest BCUT2D eigenvalue weighted by Crippen LogP contribution is -2.33. The van der Waals surface area contributed by atoms with Crippen LogP contribution in [0, 0.1) is 13.8 Å². The molecule has 0 radical (unpaired) electrons. The van der Waals surface area contributed by atoms with Crippen molar-refractivity contribution >= 4 is 21.6 Å². The van der Waals surface area contributed by atoms with Crippen molar-refractivity contribution in [2.45, 2.75) is 40.0 Å². The summed E-state index contributed by atoms with van der Waals surface area (Å²) in [5.74, 6) is 0.660. The Kier molecular flexibility index (Phi) is 8.72. The number of anilines is 1. The Morgan fingerprint density at radius 2 is 1.70 bits per heavy atom. The molecular weight excluding hydrogens is 400 g/mol. The van der Waals surface area contributed by atoms with Gasteiger partial charge < -0.3 is 10.1 Å². The molecule has 0 saturated heterocycles. The maximum atomic E-state index is 12.2. The summed E-state index contributed by atoms with van der Waals surface area (Å²) in [6.45, 7) is 7.02. The number of ether oxygens (including phenoxy) is 1. The van der Waals surface area contributed by atoms with Crippen LogP contribution in [0.4, 0.5) is 5.69 Å². The molecule has 0 heterocycles. The predicted molar refractivity (Wildman–Crippen MR) is 122 cm³/mol. The molecular formula is C23H32N2O4S. The van der Waals surface area contributed by atoms with E-state index in [1.54, 1.807) is 0 Å².